The van der Waals surface area contributed by atoms with Gasteiger partial charge in [0.1, 0.15) is 5.37 Å². The lowest BCUT2D eigenvalue weighted by atomic mass is 10.2. The van der Waals surface area contributed by atoms with Crippen molar-refractivity contribution in [2.75, 3.05) is 17.6 Å². The molecule has 2 aromatic rings. The Morgan fingerprint density at radius 1 is 1.22 bits per heavy atom. The molecule has 120 valence electrons. The van der Waals surface area contributed by atoms with Crippen LogP contribution in [0.1, 0.15) is 16.5 Å². The molecule has 1 heterocycles. The number of urea groups is 1. The van der Waals surface area contributed by atoms with Crippen LogP contribution >= 0.6 is 35.0 Å². The van der Waals surface area contributed by atoms with Gasteiger partial charge in [0, 0.05) is 28.0 Å². The van der Waals surface area contributed by atoms with Gasteiger partial charge in [-0.3, -0.25) is 0 Å². The van der Waals surface area contributed by atoms with Gasteiger partial charge in [0.05, 0.1) is 0 Å². The molecule has 1 atom stereocenters. The van der Waals surface area contributed by atoms with Gasteiger partial charge in [-0.1, -0.05) is 41.4 Å². The van der Waals surface area contributed by atoms with Gasteiger partial charge in [0.15, 0.2) is 0 Å². The highest BCUT2D eigenvalue weighted by Gasteiger charge is 2.30. The molecule has 0 bridgehead atoms. The second kappa shape index (κ2) is 7.04. The topological polar surface area (TPSA) is 32.3 Å². The first-order chi connectivity index (χ1) is 11.0. The van der Waals surface area contributed by atoms with E-state index in [1.165, 1.54) is 0 Å². The molecule has 1 saturated heterocycles. The first-order valence-electron chi connectivity index (χ1n) is 7.25. The Hall–Kier alpha value is -1.36. The van der Waals surface area contributed by atoms with E-state index in [9.17, 15) is 4.79 Å². The molecule has 1 aliphatic heterocycles. The van der Waals surface area contributed by atoms with Gasteiger partial charge >= 0.3 is 6.03 Å². The Morgan fingerprint density at radius 3 is 2.65 bits per heavy atom. The minimum absolute atomic E-state index is 0.00758. The second-order valence-electron chi connectivity index (χ2n) is 5.36. The molecule has 3 nitrogen and oxygen atoms in total. The lowest BCUT2D eigenvalue weighted by molar-refractivity contribution is 0.214. The highest BCUT2D eigenvalue weighted by Crippen LogP contribution is 2.38. The fourth-order valence-electron chi connectivity index (χ4n) is 2.45. The molecule has 2 amide bonds. The van der Waals surface area contributed by atoms with Crippen LogP contribution in [0.25, 0.3) is 0 Å². The van der Waals surface area contributed by atoms with E-state index < -0.39 is 0 Å². The average molecular weight is 367 g/mol. The molecule has 1 unspecified atom stereocenters. The van der Waals surface area contributed by atoms with Crippen molar-refractivity contribution in [2.24, 2.45) is 0 Å². The number of aryl methyl sites for hydroxylation is 1. The summed E-state index contributed by atoms with van der Waals surface area (Å²) in [7, 11) is 0. The third kappa shape index (κ3) is 3.77. The Morgan fingerprint density at radius 2 is 1.96 bits per heavy atom. The van der Waals surface area contributed by atoms with E-state index in [1.807, 2.05) is 48.2 Å². The van der Waals surface area contributed by atoms with Gasteiger partial charge in [-0.15, -0.1) is 11.8 Å². The first-order valence-corrected chi connectivity index (χ1v) is 9.06. The molecule has 1 aliphatic rings. The minimum atomic E-state index is -0.116. The maximum absolute atomic E-state index is 12.6. The SMILES string of the molecule is Cc1ccc(NC(=O)N2CCSC2c2ccc(Cl)cc2)cc1Cl. The van der Waals surface area contributed by atoms with E-state index >= 15 is 0 Å². The zero-order chi connectivity index (χ0) is 16.4. The number of halogens is 2. The molecule has 1 N–H and O–H groups in total. The number of hydrogen-bond acceptors (Lipinski definition) is 2. The zero-order valence-corrected chi connectivity index (χ0v) is 14.9. The normalized spacial score (nSPS) is 17.3. The van der Waals surface area contributed by atoms with Gasteiger partial charge in [0.2, 0.25) is 0 Å². The quantitative estimate of drug-likeness (QED) is 0.751. The van der Waals surface area contributed by atoms with Crippen LogP contribution in [-0.4, -0.2) is 23.2 Å². The molecular formula is C17H16Cl2N2OS. The number of nitrogens with zero attached hydrogens (tertiary/aromatic N) is 1. The summed E-state index contributed by atoms with van der Waals surface area (Å²) in [6, 6.07) is 13.1. The molecule has 0 aliphatic carbocycles. The summed E-state index contributed by atoms with van der Waals surface area (Å²) < 4.78 is 0. The number of carbonyl (C=O) groups is 1. The summed E-state index contributed by atoms with van der Waals surface area (Å²) >= 11 is 13.8. The molecule has 0 saturated carbocycles. The van der Waals surface area contributed by atoms with Crippen molar-refractivity contribution in [3.8, 4) is 0 Å². The van der Waals surface area contributed by atoms with Crippen LogP contribution in [0.2, 0.25) is 10.0 Å². The van der Waals surface area contributed by atoms with E-state index in [0.29, 0.717) is 22.3 Å². The Balaban J connectivity index is 1.75. The van der Waals surface area contributed by atoms with Crippen LogP contribution in [0.5, 0.6) is 0 Å². The molecule has 1 fully saturated rings. The van der Waals surface area contributed by atoms with E-state index in [2.05, 4.69) is 5.32 Å². The largest absolute Gasteiger partial charge is 0.323 e. The van der Waals surface area contributed by atoms with E-state index in [-0.39, 0.29) is 11.4 Å². The maximum atomic E-state index is 12.6. The van der Waals surface area contributed by atoms with Crippen LogP contribution in [0.4, 0.5) is 10.5 Å². The Bertz CT molecular complexity index is 721. The third-order valence-corrected chi connectivity index (χ3v) is 5.65. The van der Waals surface area contributed by atoms with Crippen LogP contribution in [0, 0.1) is 6.92 Å². The predicted molar refractivity (Wildman–Crippen MR) is 98.6 cm³/mol. The predicted octanol–water partition coefficient (Wildman–Crippen LogP) is 5.58. The summed E-state index contributed by atoms with van der Waals surface area (Å²) in [5.41, 5.74) is 2.77. The zero-order valence-electron chi connectivity index (χ0n) is 12.6. The van der Waals surface area contributed by atoms with Crippen molar-refractivity contribution < 1.29 is 4.79 Å². The van der Waals surface area contributed by atoms with Gasteiger partial charge in [-0.2, -0.15) is 0 Å². The van der Waals surface area contributed by atoms with Crippen molar-refractivity contribution in [3.63, 3.8) is 0 Å². The molecule has 23 heavy (non-hydrogen) atoms. The molecule has 0 radical (unpaired) electrons. The summed E-state index contributed by atoms with van der Waals surface area (Å²) in [6.07, 6.45) is 0. The number of thioether (sulfide) groups is 1. The van der Waals surface area contributed by atoms with Gasteiger partial charge in [-0.05, 0) is 42.3 Å². The third-order valence-electron chi connectivity index (χ3n) is 3.73. The minimum Gasteiger partial charge on any atom is -0.308 e. The molecule has 0 spiro atoms. The van der Waals surface area contributed by atoms with E-state index in [1.54, 1.807) is 17.8 Å². The number of anilines is 1. The number of carbonyl (C=O) groups excluding carboxylic acids is 1. The number of amides is 2. The molecular weight excluding hydrogens is 351 g/mol. The lowest BCUT2D eigenvalue weighted by Gasteiger charge is -2.24. The summed E-state index contributed by atoms with van der Waals surface area (Å²) in [4.78, 5) is 14.4. The van der Waals surface area contributed by atoms with Crippen molar-refractivity contribution in [1.82, 2.24) is 4.90 Å². The highest BCUT2D eigenvalue weighted by atomic mass is 35.5. The molecule has 2 aromatic carbocycles. The summed E-state index contributed by atoms with van der Waals surface area (Å²) in [5, 5.41) is 4.28. The van der Waals surface area contributed by atoms with Gasteiger partial charge < -0.3 is 10.2 Å². The first kappa shape index (κ1) is 16.5. The van der Waals surface area contributed by atoms with E-state index in [4.69, 9.17) is 23.2 Å². The molecule has 6 heteroatoms. The van der Waals surface area contributed by atoms with Crippen LogP contribution in [0.15, 0.2) is 42.5 Å². The second-order valence-corrected chi connectivity index (χ2v) is 7.39. The number of nitrogens with one attached hydrogen (secondary N) is 1. The number of benzene rings is 2. The Kier molecular flexibility index (Phi) is 5.05. The summed E-state index contributed by atoms with van der Waals surface area (Å²) in [5.74, 6) is 0.912. The van der Waals surface area contributed by atoms with Crippen LogP contribution in [0.3, 0.4) is 0 Å². The fourth-order valence-corrected chi connectivity index (χ4v) is 4.01. The Labute approximate surface area is 150 Å². The van der Waals surface area contributed by atoms with Crippen molar-refractivity contribution in [3.05, 3.63) is 63.6 Å². The smallest absolute Gasteiger partial charge is 0.308 e. The van der Waals surface area contributed by atoms with E-state index in [0.717, 1.165) is 16.9 Å². The van der Waals surface area contributed by atoms with Gasteiger partial charge in [0.25, 0.3) is 0 Å². The maximum Gasteiger partial charge on any atom is 0.323 e. The fraction of sp³-hybridized carbons (Fsp3) is 0.235. The highest BCUT2D eigenvalue weighted by molar-refractivity contribution is 7.99. The molecule has 3 rings (SSSR count). The number of hydrogen-bond donors (Lipinski definition) is 1. The lowest BCUT2D eigenvalue weighted by Crippen LogP contribution is -2.34. The molecule has 0 aromatic heterocycles. The number of rotatable bonds is 2. The van der Waals surface area contributed by atoms with Gasteiger partial charge in [-0.25, -0.2) is 4.79 Å². The summed E-state index contributed by atoms with van der Waals surface area (Å²) in [6.45, 7) is 2.64. The van der Waals surface area contributed by atoms with Crippen LogP contribution in [-0.2, 0) is 0 Å². The monoisotopic (exact) mass is 366 g/mol. The van der Waals surface area contributed by atoms with Crippen molar-refractivity contribution in [1.29, 1.82) is 0 Å². The van der Waals surface area contributed by atoms with Crippen molar-refractivity contribution in [2.45, 2.75) is 12.3 Å². The average Bonchev–Trinajstić information content (AvgIpc) is 3.01. The van der Waals surface area contributed by atoms with Crippen molar-refractivity contribution >= 4 is 46.7 Å². The standard InChI is InChI=1S/C17H16Cl2N2OS/c1-11-2-7-14(10-15(11)19)20-17(22)21-8-9-23-16(21)12-3-5-13(18)6-4-12/h2-7,10,16H,8-9H2,1H3,(H,20,22). The van der Waals surface area contributed by atoms with Crippen LogP contribution < -0.4 is 5.32 Å².